The minimum atomic E-state index is 0.159. The summed E-state index contributed by atoms with van der Waals surface area (Å²) in [6, 6.07) is 12.6. The SMILES string of the molecule is Cc1cc(C)cc(-n2ncc(CNC(C)c3ccc4c(c3)OCCO4)n2)c1. The van der Waals surface area contributed by atoms with Gasteiger partial charge in [-0.3, -0.25) is 0 Å². The zero-order valence-electron chi connectivity index (χ0n) is 15.9. The molecule has 0 amide bonds. The highest BCUT2D eigenvalue weighted by molar-refractivity contribution is 5.44. The number of benzene rings is 2. The Morgan fingerprint density at radius 1 is 1.04 bits per heavy atom. The molecule has 1 aromatic heterocycles. The predicted octanol–water partition coefficient (Wildman–Crippen LogP) is 3.51. The number of hydrogen-bond acceptors (Lipinski definition) is 5. The molecule has 6 nitrogen and oxygen atoms in total. The van der Waals surface area contributed by atoms with Crippen molar-refractivity contribution in [3.63, 3.8) is 0 Å². The van der Waals surface area contributed by atoms with Crippen LogP contribution < -0.4 is 14.8 Å². The molecule has 27 heavy (non-hydrogen) atoms. The molecule has 3 aromatic rings. The molecule has 1 unspecified atom stereocenters. The molecule has 0 spiro atoms. The molecular formula is C21H24N4O2. The minimum absolute atomic E-state index is 0.159. The van der Waals surface area contributed by atoms with E-state index in [2.05, 4.69) is 60.6 Å². The summed E-state index contributed by atoms with van der Waals surface area (Å²) >= 11 is 0. The second kappa shape index (κ2) is 7.40. The molecule has 0 saturated carbocycles. The third-order valence-electron chi connectivity index (χ3n) is 4.63. The Bertz CT molecular complexity index is 931. The Hall–Kier alpha value is -2.86. The zero-order valence-corrected chi connectivity index (χ0v) is 15.9. The highest BCUT2D eigenvalue weighted by atomic mass is 16.6. The summed E-state index contributed by atoms with van der Waals surface area (Å²) in [7, 11) is 0. The zero-order chi connectivity index (χ0) is 18.8. The van der Waals surface area contributed by atoms with Gasteiger partial charge in [0.25, 0.3) is 0 Å². The lowest BCUT2D eigenvalue weighted by Gasteiger charge is -2.21. The molecular weight excluding hydrogens is 340 g/mol. The molecule has 140 valence electrons. The molecule has 4 rings (SSSR count). The van der Waals surface area contributed by atoms with Gasteiger partial charge in [0.05, 0.1) is 17.6 Å². The van der Waals surface area contributed by atoms with Crippen LogP contribution in [0.5, 0.6) is 11.5 Å². The first kappa shape index (κ1) is 17.5. The Balaban J connectivity index is 1.42. The van der Waals surface area contributed by atoms with Gasteiger partial charge in [-0.05, 0) is 61.7 Å². The Morgan fingerprint density at radius 2 is 1.78 bits per heavy atom. The van der Waals surface area contributed by atoms with Crippen molar-refractivity contribution in [2.24, 2.45) is 0 Å². The second-order valence-corrected chi connectivity index (χ2v) is 6.98. The van der Waals surface area contributed by atoms with Crippen molar-refractivity contribution in [2.75, 3.05) is 13.2 Å². The molecule has 6 heteroatoms. The van der Waals surface area contributed by atoms with E-state index in [1.165, 1.54) is 11.1 Å². The summed E-state index contributed by atoms with van der Waals surface area (Å²) < 4.78 is 11.3. The number of rotatable bonds is 5. The minimum Gasteiger partial charge on any atom is -0.486 e. The summed E-state index contributed by atoms with van der Waals surface area (Å²) in [4.78, 5) is 1.69. The van der Waals surface area contributed by atoms with Crippen LogP contribution in [0, 0.1) is 13.8 Å². The fourth-order valence-corrected chi connectivity index (χ4v) is 3.27. The number of nitrogens with zero attached hydrogens (tertiary/aromatic N) is 3. The van der Waals surface area contributed by atoms with Gasteiger partial charge in [0.1, 0.15) is 13.2 Å². The summed E-state index contributed by atoms with van der Waals surface area (Å²) in [5.74, 6) is 1.63. The first-order chi connectivity index (χ1) is 13.1. The van der Waals surface area contributed by atoms with Crippen molar-refractivity contribution in [3.05, 3.63) is 65.0 Å². The van der Waals surface area contributed by atoms with E-state index in [0.29, 0.717) is 19.8 Å². The van der Waals surface area contributed by atoms with E-state index in [0.717, 1.165) is 28.4 Å². The maximum Gasteiger partial charge on any atom is 0.161 e. The molecule has 2 aromatic carbocycles. The van der Waals surface area contributed by atoms with Crippen molar-refractivity contribution in [1.82, 2.24) is 20.3 Å². The maximum atomic E-state index is 5.67. The summed E-state index contributed by atoms with van der Waals surface area (Å²) in [5, 5.41) is 12.5. The quantitative estimate of drug-likeness (QED) is 0.751. The molecule has 0 saturated heterocycles. The van der Waals surface area contributed by atoms with Crippen molar-refractivity contribution >= 4 is 0 Å². The van der Waals surface area contributed by atoms with Crippen molar-refractivity contribution in [1.29, 1.82) is 0 Å². The second-order valence-electron chi connectivity index (χ2n) is 6.98. The van der Waals surface area contributed by atoms with E-state index in [1.807, 2.05) is 12.1 Å². The number of ether oxygens (including phenoxy) is 2. The fraction of sp³-hybridized carbons (Fsp3) is 0.333. The van der Waals surface area contributed by atoms with Crippen molar-refractivity contribution < 1.29 is 9.47 Å². The first-order valence-corrected chi connectivity index (χ1v) is 9.21. The van der Waals surface area contributed by atoms with Crippen LogP contribution in [-0.4, -0.2) is 28.2 Å². The van der Waals surface area contributed by atoms with Gasteiger partial charge in [0.15, 0.2) is 11.5 Å². The van der Waals surface area contributed by atoms with Gasteiger partial charge in [-0.25, -0.2) is 0 Å². The molecule has 0 aliphatic carbocycles. The monoisotopic (exact) mass is 364 g/mol. The van der Waals surface area contributed by atoms with Gasteiger partial charge in [0, 0.05) is 12.6 Å². The third kappa shape index (κ3) is 3.95. The van der Waals surface area contributed by atoms with Crippen LogP contribution in [0.2, 0.25) is 0 Å². The lowest BCUT2D eigenvalue weighted by Crippen LogP contribution is -2.20. The number of hydrogen-bond donors (Lipinski definition) is 1. The lowest BCUT2D eigenvalue weighted by atomic mass is 10.1. The largest absolute Gasteiger partial charge is 0.486 e. The van der Waals surface area contributed by atoms with Crippen LogP contribution in [0.15, 0.2) is 42.6 Å². The van der Waals surface area contributed by atoms with Gasteiger partial charge in [-0.1, -0.05) is 12.1 Å². The van der Waals surface area contributed by atoms with E-state index in [-0.39, 0.29) is 6.04 Å². The van der Waals surface area contributed by atoms with Crippen LogP contribution in [0.25, 0.3) is 5.69 Å². The van der Waals surface area contributed by atoms with E-state index in [4.69, 9.17) is 9.47 Å². The predicted molar refractivity (Wildman–Crippen MR) is 104 cm³/mol. The summed E-state index contributed by atoms with van der Waals surface area (Å²) in [5.41, 5.74) is 5.45. The average molecular weight is 364 g/mol. The lowest BCUT2D eigenvalue weighted by molar-refractivity contribution is 0.171. The van der Waals surface area contributed by atoms with Gasteiger partial charge in [0.2, 0.25) is 0 Å². The molecule has 1 N–H and O–H groups in total. The van der Waals surface area contributed by atoms with E-state index in [1.54, 1.807) is 11.0 Å². The summed E-state index contributed by atoms with van der Waals surface area (Å²) in [6.07, 6.45) is 1.81. The smallest absolute Gasteiger partial charge is 0.161 e. The number of nitrogens with one attached hydrogen (secondary N) is 1. The summed E-state index contributed by atoms with van der Waals surface area (Å²) in [6.45, 7) is 8.13. The molecule has 1 atom stereocenters. The van der Waals surface area contributed by atoms with Crippen LogP contribution in [-0.2, 0) is 6.54 Å². The maximum absolute atomic E-state index is 5.67. The van der Waals surface area contributed by atoms with Crippen molar-refractivity contribution in [2.45, 2.75) is 33.4 Å². The average Bonchev–Trinajstić information content (AvgIpc) is 3.14. The fourth-order valence-electron chi connectivity index (χ4n) is 3.27. The molecule has 1 aliphatic rings. The van der Waals surface area contributed by atoms with Crippen molar-refractivity contribution in [3.8, 4) is 17.2 Å². The molecule has 0 bridgehead atoms. The van der Waals surface area contributed by atoms with Crippen LogP contribution in [0.4, 0.5) is 0 Å². The van der Waals surface area contributed by atoms with E-state index in [9.17, 15) is 0 Å². The standard InChI is InChI=1S/C21H24N4O2/c1-14-8-15(2)10-19(9-14)25-23-13-18(24-25)12-22-16(3)17-4-5-20-21(11-17)27-7-6-26-20/h4-5,8-11,13,16,22H,6-7,12H2,1-3H3. The number of fused-ring (bicyclic) bond motifs is 1. The number of aryl methyl sites for hydroxylation is 2. The van der Waals surface area contributed by atoms with Gasteiger partial charge < -0.3 is 14.8 Å². The van der Waals surface area contributed by atoms with E-state index < -0.39 is 0 Å². The highest BCUT2D eigenvalue weighted by Crippen LogP contribution is 2.32. The highest BCUT2D eigenvalue weighted by Gasteiger charge is 2.14. The molecule has 2 heterocycles. The van der Waals surface area contributed by atoms with Crippen LogP contribution in [0.3, 0.4) is 0 Å². The molecule has 0 radical (unpaired) electrons. The number of aromatic nitrogens is 3. The normalized spacial score (nSPS) is 14.2. The van der Waals surface area contributed by atoms with Gasteiger partial charge in [-0.2, -0.15) is 15.0 Å². The molecule has 0 fully saturated rings. The Labute approximate surface area is 159 Å². The Morgan fingerprint density at radius 3 is 2.56 bits per heavy atom. The third-order valence-corrected chi connectivity index (χ3v) is 4.63. The van der Waals surface area contributed by atoms with Gasteiger partial charge >= 0.3 is 0 Å². The first-order valence-electron chi connectivity index (χ1n) is 9.21. The van der Waals surface area contributed by atoms with E-state index >= 15 is 0 Å². The van der Waals surface area contributed by atoms with Crippen LogP contribution >= 0.6 is 0 Å². The molecule has 1 aliphatic heterocycles. The van der Waals surface area contributed by atoms with Crippen LogP contribution in [0.1, 0.15) is 35.3 Å². The Kier molecular flexibility index (Phi) is 4.81. The topological polar surface area (TPSA) is 61.2 Å². The van der Waals surface area contributed by atoms with Gasteiger partial charge in [-0.15, -0.1) is 0 Å².